The van der Waals surface area contributed by atoms with Gasteiger partial charge in [0.15, 0.2) is 0 Å². The minimum absolute atomic E-state index is 0.0222. The van der Waals surface area contributed by atoms with Gasteiger partial charge in [0.2, 0.25) is 11.8 Å². The second-order valence-corrected chi connectivity index (χ2v) is 8.36. The first-order chi connectivity index (χ1) is 14.9. The Kier molecular flexibility index (Phi) is 9.77. The summed E-state index contributed by atoms with van der Waals surface area (Å²) in [5, 5.41) is 3.07. The van der Waals surface area contributed by atoms with Crippen LogP contribution in [0.1, 0.15) is 69.2 Å². The number of nitrogens with one attached hydrogen (secondary N) is 1. The maximum Gasteiger partial charge on any atom is 0.243 e. The van der Waals surface area contributed by atoms with Crippen molar-refractivity contribution in [2.75, 3.05) is 0 Å². The monoisotopic (exact) mass is 422 g/mol. The quantitative estimate of drug-likeness (QED) is 0.540. The van der Waals surface area contributed by atoms with Crippen molar-refractivity contribution in [3.8, 4) is 0 Å². The van der Waals surface area contributed by atoms with E-state index in [1.54, 1.807) is 4.90 Å². The van der Waals surface area contributed by atoms with E-state index in [9.17, 15) is 9.59 Å². The van der Waals surface area contributed by atoms with Gasteiger partial charge in [0, 0.05) is 19.0 Å². The maximum atomic E-state index is 13.4. The van der Waals surface area contributed by atoms with E-state index in [1.165, 1.54) is 5.56 Å². The highest BCUT2D eigenvalue weighted by molar-refractivity contribution is 5.88. The molecule has 4 nitrogen and oxygen atoms in total. The van der Waals surface area contributed by atoms with Crippen LogP contribution in [-0.2, 0) is 29.0 Å². The molecule has 0 spiro atoms. The zero-order valence-corrected chi connectivity index (χ0v) is 19.8. The van der Waals surface area contributed by atoms with Gasteiger partial charge in [0.1, 0.15) is 6.04 Å². The Balaban J connectivity index is 2.20. The molecule has 0 aliphatic heterocycles. The van der Waals surface area contributed by atoms with Gasteiger partial charge in [-0.2, -0.15) is 0 Å². The first-order valence-corrected chi connectivity index (χ1v) is 11.6. The highest BCUT2D eigenvalue weighted by Gasteiger charge is 2.29. The Bertz CT molecular complexity index is 845. The molecule has 0 saturated heterocycles. The zero-order valence-electron chi connectivity index (χ0n) is 19.8. The summed E-state index contributed by atoms with van der Waals surface area (Å²) in [6, 6.07) is 16.1. The van der Waals surface area contributed by atoms with E-state index in [4.69, 9.17) is 0 Å². The number of aryl methyl sites for hydroxylation is 3. The van der Waals surface area contributed by atoms with E-state index < -0.39 is 6.04 Å². The van der Waals surface area contributed by atoms with Crippen LogP contribution >= 0.6 is 0 Å². The van der Waals surface area contributed by atoms with E-state index in [0.717, 1.165) is 29.5 Å². The standard InChI is InChI=1S/C27H38N2O2/c1-6-21(5)28-27(31)25(8-3)29(19-24-12-10-9-11-20(24)4)26(30)18-17-23-15-13-22(7-2)14-16-23/h9-16,21,25H,6-8,17-19H2,1-5H3,(H,28,31)/t21-,25-/m1/s1. The third kappa shape index (κ3) is 7.23. The minimum atomic E-state index is -0.469. The van der Waals surface area contributed by atoms with Crippen molar-refractivity contribution >= 4 is 11.8 Å². The Hall–Kier alpha value is -2.62. The van der Waals surface area contributed by atoms with Crippen molar-refractivity contribution in [1.29, 1.82) is 0 Å². The molecule has 0 aliphatic carbocycles. The Morgan fingerprint density at radius 1 is 0.935 bits per heavy atom. The van der Waals surface area contributed by atoms with Crippen LogP contribution in [0.15, 0.2) is 48.5 Å². The Morgan fingerprint density at radius 2 is 1.58 bits per heavy atom. The second-order valence-electron chi connectivity index (χ2n) is 8.36. The van der Waals surface area contributed by atoms with Gasteiger partial charge < -0.3 is 10.2 Å². The smallest absolute Gasteiger partial charge is 0.243 e. The second kappa shape index (κ2) is 12.3. The summed E-state index contributed by atoms with van der Waals surface area (Å²) in [6.45, 7) is 10.7. The average molecular weight is 423 g/mol. The summed E-state index contributed by atoms with van der Waals surface area (Å²) >= 11 is 0. The van der Waals surface area contributed by atoms with Crippen molar-refractivity contribution in [3.05, 3.63) is 70.8 Å². The lowest BCUT2D eigenvalue weighted by Crippen LogP contribution is -2.50. The Morgan fingerprint density at radius 3 is 2.16 bits per heavy atom. The number of amides is 2. The molecule has 4 heteroatoms. The molecule has 2 amide bonds. The summed E-state index contributed by atoms with van der Waals surface area (Å²) in [6.07, 6.45) is 3.53. The molecule has 2 rings (SSSR count). The predicted molar refractivity (Wildman–Crippen MR) is 128 cm³/mol. The van der Waals surface area contributed by atoms with Crippen LogP contribution in [0, 0.1) is 6.92 Å². The number of nitrogens with zero attached hydrogens (tertiary/aromatic N) is 1. The van der Waals surface area contributed by atoms with Crippen molar-refractivity contribution in [1.82, 2.24) is 10.2 Å². The van der Waals surface area contributed by atoms with Gasteiger partial charge in [-0.3, -0.25) is 9.59 Å². The Labute approximate surface area is 188 Å². The lowest BCUT2D eigenvalue weighted by molar-refractivity contribution is -0.141. The molecule has 0 unspecified atom stereocenters. The number of rotatable bonds is 11. The van der Waals surface area contributed by atoms with E-state index in [1.807, 2.05) is 52.0 Å². The van der Waals surface area contributed by atoms with Gasteiger partial charge in [-0.25, -0.2) is 0 Å². The van der Waals surface area contributed by atoms with Gasteiger partial charge in [-0.05, 0) is 61.8 Å². The minimum Gasteiger partial charge on any atom is -0.352 e. The molecule has 0 fully saturated rings. The molecular weight excluding hydrogens is 384 g/mol. The van der Waals surface area contributed by atoms with E-state index in [-0.39, 0.29) is 17.9 Å². The predicted octanol–water partition coefficient (Wildman–Crippen LogP) is 5.21. The molecule has 2 aromatic rings. The van der Waals surface area contributed by atoms with Crippen molar-refractivity contribution in [2.45, 2.75) is 85.4 Å². The molecule has 2 atom stereocenters. The normalized spacial score (nSPS) is 12.8. The molecule has 0 aliphatic rings. The summed E-state index contributed by atoms with van der Waals surface area (Å²) < 4.78 is 0. The van der Waals surface area contributed by atoms with Crippen molar-refractivity contribution < 1.29 is 9.59 Å². The van der Waals surface area contributed by atoms with Crippen molar-refractivity contribution in [2.24, 2.45) is 0 Å². The van der Waals surface area contributed by atoms with Crippen LogP contribution in [-0.4, -0.2) is 28.8 Å². The third-order valence-corrected chi connectivity index (χ3v) is 6.05. The average Bonchev–Trinajstić information content (AvgIpc) is 2.78. The molecule has 0 heterocycles. The van der Waals surface area contributed by atoms with E-state index in [0.29, 0.717) is 25.8 Å². The summed E-state index contributed by atoms with van der Waals surface area (Å²) in [5.41, 5.74) is 4.66. The molecule has 31 heavy (non-hydrogen) atoms. The summed E-state index contributed by atoms with van der Waals surface area (Å²) in [7, 11) is 0. The fourth-order valence-corrected chi connectivity index (χ4v) is 3.67. The van der Waals surface area contributed by atoms with Gasteiger partial charge in [0.05, 0.1) is 0 Å². The van der Waals surface area contributed by atoms with Crippen LogP contribution in [0.4, 0.5) is 0 Å². The first-order valence-electron chi connectivity index (χ1n) is 11.6. The summed E-state index contributed by atoms with van der Waals surface area (Å²) in [4.78, 5) is 28.1. The molecule has 0 saturated carbocycles. The number of carbonyl (C=O) groups is 2. The number of hydrogen-bond acceptors (Lipinski definition) is 2. The number of carbonyl (C=O) groups excluding carboxylic acids is 2. The molecule has 1 N–H and O–H groups in total. The largest absolute Gasteiger partial charge is 0.352 e. The van der Waals surface area contributed by atoms with Gasteiger partial charge in [0.25, 0.3) is 0 Å². The van der Waals surface area contributed by atoms with Crippen molar-refractivity contribution in [3.63, 3.8) is 0 Å². The van der Waals surface area contributed by atoms with Crippen LogP contribution in [0.25, 0.3) is 0 Å². The third-order valence-electron chi connectivity index (χ3n) is 6.05. The maximum absolute atomic E-state index is 13.4. The summed E-state index contributed by atoms with van der Waals surface area (Å²) in [5.74, 6) is -0.0416. The number of benzene rings is 2. The van der Waals surface area contributed by atoms with Crippen LogP contribution < -0.4 is 5.32 Å². The zero-order chi connectivity index (χ0) is 22.8. The fraction of sp³-hybridized carbons (Fsp3) is 0.481. The highest BCUT2D eigenvalue weighted by atomic mass is 16.2. The highest BCUT2D eigenvalue weighted by Crippen LogP contribution is 2.18. The van der Waals surface area contributed by atoms with Crippen LogP contribution in [0.2, 0.25) is 0 Å². The lowest BCUT2D eigenvalue weighted by atomic mass is 10.0. The van der Waals surface area contributed by atoms with E-state index >= 15 is 0 Å². The van der Waals surface area contributed by atoms with Gasteiger partial charge in [-0.1, -0.05) is 69.3 Å². The van der Waals surface area contributed by atoms with Crippen LogP contribution in [0.5, 0.6) is 0 Å². The lowest BCUT2D eigenvalue weighted by Gasteiger charge is -2.32. The van der Waals surface area contributed by atoms with E-state index in [2.05, 4.69) is 36.5 Å². The van der Waals surface area contributed by atoms with Gasteiger partial charge in [-0.15, -0.1) is 0 Å². The first kappa shape index (κ1) is 24.6. The molecule has 2 aromatic carbocycles. The molecule has 0 radical (unpaired) electrons. The molecule has 168 valence electrons. The molecule has 0 bridgehead atoms. The fourth-order valence-electron chi connectivity index (χ4n) is 3.67. The number of hydrogen-bond donors (Lipinski definition) is 1. The van der Waals surface area contributed by atoms with Crippen LogP contribution in [0.3, 0.4) is 0 Å². The topological polar surface area (TPSA) is 49.4 Å². The SMILES string of the molecule is CCc1ccc(CCC(=O)N(Cc2ccccc2C)[C@H](CC)C(=O)N[C@H](C)CC)cc1. The molecular formula is C27H38N2O2. The molecule has 0 aromatic heterocycles. The van der Waals surface area contributed by atoms with Gasteiger partial charge >= 0.3 is 0 Å².